The highest BCUT2D eigenvalue weighted by atomic mass is 35.6. The molecule has 3 aliphatic heterocycles. The maximum absolute atomic E-state index is 12.5. The Balaban J connectivity index is 1.77. The van der Waals surface area contributed by atoms with Crippen LogP contribution in [0.2, 0.25) is 0 Å². The van der Waals surface area contributed by atoms with E-state index in [1.165, 1.54) is 0 Å². The van der Waals surface area contributed by atoms with Crippen LogP contribution in [0.15, 0.2) is 0 Å². The Hall–Kier alpha value is -0.350. The number of rotatable bonds is 2. The number of nitrogens with one attached hydrogen (secondary N) is 1. The lowest BCUT2D eigenvalue weighted by atomic mass is 9.63. The Morgan fingerprint density at radius 1 is 1.22 bits per heavy atom. The van der Waals surface area contributed by atoms with Gasteiger partial charge in [0.1, 0.15) is 11.6 Å². The van der Waals surface area contributed by atoms with Gasteiger partial charge in [-0.1, -0.05) is 34.8 Å². The van der Waals surface area contributed by atoms with Crippen molar-refractivity contribution in [2.45, 2.75) is 72.3 Å². The van der Waals surface area contributed by atoms with Crippen LogP contribution in [0.3, 0.4) is 0 Å². The number of carbonyl (C=O) groups is 2. The first kappa shape index (κ1) is 19.9. The number of halogens is 3. The summed E-state index contributed by atoms with van der Waals surface area (Å²) in [5.74, 6) is -3.27. The van der Waals surface area contributed by atoms with Crippen LogP contribution in [0.4, 0.5) is 0 Å². The third-order valence-corrected chi connectivity index (χ3v) is 6.43. The highest BCUT2D eigenvalue weighted by molar-refractivity contribution is 6.76. The molecular formula is C16H20Cl3NO7. The fourth-order valence-corrected chi connectivity index (χ4v) is 4.77. The number of hydrogen-bond acceptors (Lipinski definition) is 7. The lowest BCUT2D eigenvalue weighted by molar-refractivity contribution is -0.158. The normalized spacial score (nSPS) is 47.8. The Labute approximate surface area is 170 Å². The number of amides is 1. The fraction of sp³-hybridized carbons (Fsp3) is 0.875. The van der Waals surface area contributed by atoms with Crippen LogP contribution in [0.1, 0.15) is 27.2 Å². The largest absolute Gasteiger partial charge is 0.455 e. The van der Waals surface area contributed by atoms with E-state index in [0.29, 0.717) is 6.42 Å². The van der Waals surface area contributed by atoms with Crippen LogP contribution in [0, 0.1) is 5.92 Å². The van der Waals surface area contributed by atoms with Gasteiger partial charge < -0.3 is 29.4 Å². The van der Waals surface area contributed by atoms with Crippen molar-refractivity contribution in [3.63, 3.8) is 0 Å². The molecule has 0 spiro atoms. The Morgan fingerprint density at radius 3 is 2.44 bits per heavy atom. The zero-order chi connectivity index (χ0) is 20.0. The van der Waals surface area contributed by atoms with Crippen LogP contribution < -0.4 is 5.32 Å². The van der Waals surface area contributed by atoms with E-state index in [1.807, 2.05) is 6.92 Å². The highest BCUT2D eigenvalue weighted by Crippen LogP contribution is 2.59. The van der Waals surface area contributed by atoms with Gasteiger partial charge in [0, 0.05) is 5.92 Å². The zero-order valence-electron chi connectivity index (χ0n) is 14.8. The number of alkyl halides is 3. The van der Waals surface area contributed by atoms with Gasteiger partial charge in [-0.2, -0.15) is 0 Å². The van der Waals surface area contributed by atoms with Gasteiger partial charge in [0.2, 0.25) is 0 Å². The van der Waals surface area contributed by atoms with Crippen LogP contribution in [-0.4, -0.2) is 68.7 Å². The number of ether oxygens (including phenoxy) is 4. The fourth-order valence-electron chi connectivity index (χ4n) is 4.62. The van der Waals surface area contributed by atoms with Gasteiger partial charge in [-0.05, 0) is 27.2 Å². The molecule has 0 radical (unpaired) electrons. The lowest BCUT2D eigenvalue weighted by Crippen LogP contribution is -2.72. The van der Waals surface area contributed by atoms with Crippen molar-refractivity contribution in [2.75, 3.05) is 6.61 Å². The predicted molar refractivity (Wildman–Crippen MR) is 93.3 cm³/mol. The first-order valence-corrected chi connectivity index (χ1v) is 9.71. The van der Waals surface area contributed by atoms with E-state index >= 15 is 0 Å². The van der Waals surface area contributed by atoms with E-state index in [0.717, 1.165) is 0 Å². The summed E-state index contributed by atoms with van der Waals surface area (Å²) in [4.78, 5) is 24.8. The second kappa shape index (κ2) is 5.84. The molecule has 1 saturated carbocycles. The smallest absolute Gasteiger partial charge is 0.338 e. The number of aliphatic hydroxyl groups excluding tert-OH is 1. The summed E-state index contributed by atoms with van der Waals surface area (Å²) < 4.78 is 20.5. The maximum atomic E-state index is 12.5. The minimum Gasteiger partial charge on any atom is -0.455 e. The van der Waals surface area contributed by atoms with E-state index in [1.54, 1.807) is 13.8 Å². The quantitative estimate of drug-likeness (QED) is 0.369. The molecule has 3 heterocycles. The molecule has 4 fully saturated rings. The standard InChI is InChI=1S/C16H20Cl3NO7/c1-13(2)24-5-7(26-13)6-4-14(3)9(27-14)10-15(6,8(21)11(22)25-10)20-12(23)16(17,18)19/h6-10,21H,4-5H2,1-3H3,(H,20,23)/t6-,7-,8+,9-,10-,14+,15+/m1/s1. The van der Waals surface area contributed by atoms with Crippen LogP contribution in [0.25, 0.3) is 0 Å². The van der Waals surface area contributed by atoms with Crippen molar-refractivity contribution in [3.8, 4) is 0 Å². The van der Waals surface area contributed by atoms with Crippen molar-refractivity contribution in [3.05, 3.63) is 0 Å². The van der Waals surface area contributed by atoms with Gasteiger partial charge in [0.25, 0.3) is 9.70 Å². The lowest BCUT2D eigenvalue weighted by Gasteiger charge is -2.47. The summed E-state index contributed by atoms with van der Waals surface area (Å²) in [6, 6.07) is 0. The molecule has 7 atom stereocenters. The predicted octanol–water partition coefficient (Wildman–Crippen LogP) is 0.827. The molecule has 152 valence electrons. The Bertz CT molecular complexity index is 698. The van der Waals surface area contributed by atoms with E-state index in [4.69, 9.17) is 53.8 Å². The number of esters is 1. The molecule has 11 heteroatoms. The second-order valence-electron chi connectivity index (χ2n) is 8.17. The summed E-state index contributed by atoms with van der Waals surface area (Å²) in [6.07, 6.45) is -3.23. The molecule has 0 bridgehead atoms. The number of epoxide rings is 1. The van der Waals surface area contributed by atoms with Gasteiger partial charge in [-0.3, -0.25) is 4.79 Å². The molecule has 1 aliphatic carbocycles. The number of carbonyl (C=O) groups excluding carboxylic acids is 2. The molecule has 27 heavy (non-hydrogen) atoms. The molecule has 0 aromatic carbocycles. The van der Waals surface area contributed by atoms with Gasteiger partial charge in [-0.25, -0.2) is 4.79 Å². The summed E-state index contributed by atoms with van der Waals surface area (Å²) in [5.41, 5.74) is -2.13. The van der Waals surface area contributed by atoms with Crippen molar-refractivity contribution in [2.24, 2.45) is 5.92 Å². The maximum Gasteiger partial charge on any atom is 0.338 e. The summed E-state index contributed by atoms with van der Waals surface area (Å²) in [7, 11) is 0. The molecule has 8 nitrogen and oxygen atoms in total. The van der Waals surface area contributed by atoms with Gasteiger partial charge in [0.05, 0.1) is 18.3 Å². The third-order valence-electron chi connectivity index (χ3n) is 5.91. The van der Waals surface area contributed by atoms with E-state index in [-0.39, 0.29) is 6.61 Å². The molecular weight excluding hydrogens is 425 g/mol. The van der Waals surface area contributed by atoms with Crippen LogP contribution in [-0.2, 0) is 28.5 Å². The van der Waals surface area contributed by atoms with E-state index < -0.39 is 62.9 Å². The molecule has 4 aliphatic rings. The average molecular weight is 445 g/mol. The number of aliphatic hydroxyl groups is 1. The molecule has 4 rings (SSSR count). The second-order valence-corrected chi connectivity index (χ2v) is 10.5. The van der Waals surface area contributed by atoms with Crippen LogP contribution in [0.5, 0.6) is 0 Å². The average Bonchev–Trinajstić information content (AvgIpc) is 2.98. The molecule has 3 saturated heterocycles. The van der Waals surface area contributed by atoms with Gasteiger partial charge in [0.15, 0.2) is 18.0 Å². The minimum atomic E-state index is -2.29. The van der Waals surface area contributed by atoms with E-state index in [2.05, 4.69) is 5.32 Å². The molecule has 0 aromatic rings. The summed E-state index contributed by atoms with van der Waals surface area (Å²) >= 11 is 17.2. The highest BCUT2D eigenvalue weighted by Gasteiger charge is 2.78. The van der Waals surface area contributed by atoms with Gasteiger partial charge in [-0.15, -0.1) is 0 Å². The Morgan fingerprint density at radius 2 is 1.89 bits per heavy atom. The first-order chi connectivity index (χ1) is 12.3. The molecule has 2 N–H and O–H groups in total. The summed E-state index contributed by atoms with van der Waals surface area (Å²) in [6.45, 7) is 5.60. The van der Waals surface area contributed by atoms with Crippen LogP contribution >= 0.6 is 34.8 Å². The van der Waals surface area contributed by atoms with Crippen molar-refractivity contribution in [1.82, 2.24) is 5.32 Å². The summed E-state index contributed by atoms with van der Waals surface area (Å²) in [5, 5.41) is 13.4. The van der Waals surface area contributed by atoms with E-state index in [9.17, 15) is 14.7 Å². The topological polar surface area (TPSA) is 107 Å². The number of fused-ring (bicyclic) bond motifs is 3. The molecule has 1 amide bonds. The zero-order valence-corrected chi connectivity index (χ0v) is 17.1. The van der Waals surface area contributed by atoms with Crippen molar-refractivity contribution < 1.29 is 33.6 Å². The molecule has 0 aromatic heterocycles. The third kappa shape index (κ3) is 2.96. The van der Waals surface area contributed by atoms with Crippen molar-refractivity contribution >= 4 is 46.7 Å². The number of hydrogen-bond donors (Lipinski definition) is 2. The first-order valence-electron chi connectivity index (χ1n) is 8.58. The SMILES string of the molecule is CC1(C)OC[C@H]([C@H]2C[C@]3(C)O[C@@H]3[C@H]3OC(=O)[C@H](O)[C@@]23NC(=O)C(Cl)(Cl)Cl)O1. The minimum absolute atomic E-state index is 0.206. The van der Waals surface area contributed by atoms with Gasteiger partial charge >= 0.3 is 5.97 Å². The van der Waals surface area contributed by atoms with Crippen molar-refractivity contribution in [1.29, 1.82) is 0 Å². The monoisotopic (exact) mass is 443 g/mol. The Kier molecular flexibility index (Phi) is 4.32. The molecule has 0 unspecified atom stereocenters.